The van der Waals surface area contributed by atoms with E-state index in [0.717, 1.165) is 31.1 Å². The van der Waals surface area contributed by atoms with Crippen LogP contribution in [0.15, 0.2) is 53.5 Å². The number of halogens is 1. The SMILES string of the molecule is Fc1ccc([C@H]2c3ccccc3CCN2C2=NC[C@@H](C34CCN(CC3)CC4)O2)cc1. The second kappa shape index (κ2) is 7.09. The summed E-state index contributed by atoms with van der Waals surface area (Å²) in [4.78, 5) is 9.81. The van der Waals surface area contributed by atoms with Gasteiger partial charge in [0.05, 0.1) is 12.6 Å². The third-order valence-electron chi connectivity index (χ3n) is 7.82. The highest BCUT2D eigenvalue weighted by atomic mass is 19.1. The second-order valence-corrected chi connectivity index (χ2v) is 9.28. The molecule has 5 heteroatoms. The van der Waals surface area contributed by atoms with E-state index in [2.05, 4.69) is 34.1 Å². The first kappa shape index (κ1) is 18.4. The van der Waals surface area contributed by atoms with E-state index < -0.39 is 0 Å². The first-order valence-corrected chi connectivity index (χ1v) is 11.3. The summed E-state index contributed by atoms with van der Waals surface area (Å²) in [7, 11) is 0. The number of rotatable bonds is 2. The summed E-state index contributed by atoms with van der Waals surface area (Å²) in [5.41, 5.74) is 4.01. The summed E-state index contributed by atoms with van der Waals surface area (Å²) in [5.74, 6) is -0.202. The number of amidine groups is 1. The van der Waals surface area contributed by atoms with Crippen molar-refractivity contribution in [2.24, 2.45) is 10.4 Å². The average Bonchev–Trinajstić information content (AvgIpc) is 3.31. The lowest BCUT2D eigenvalue weighted by atomic mass is 9.68. The van der Waals surface area contributed by atoms with Gasteiger partial charge in [-0.1, -0.05) is 36.4 Å². The number of hydrogen-bond acceptors (Lipinski definition) is 4. The molecule has 2 atom stereocenters. The average molecular weight is 406 g/mol. The third-order valence-corrected chi connectivity index (χ3v) is 7.82. The summed E-state index contributed by atoms with van der Waals surface area (Å²) >= 11 is 0. The fourth-order valence-electron chi connectivity index (χ4n) is 5.95. The maximum absolute atomic E-state index is 13.6. The monoisotopic (exact) mass is 405 g/mol. The van der Waals surface area contributed by atoms with E-state index in [-0.39, 0.29) is 18.0 Å². The number of nitrogens with zero attached hydrogens (tertiary/aromatic N) is 3. The first-order chi connectivity index (χ1) is 14.7. The quantitative estimate of drug-likeness (QED) is 0.756. The van der Waals surface area contributed by atoms with Crippen molar-refractivity contribution in [3.8, 4) is 0 Å². The van der Waals surface area contributed by atoms with Gasteiger partial charge in [0.25, 0.3) is 6.02 Å². The summed E-state index contributed by atoms with van der Waals surface area (Å²) in [6, 6.07) is 16.3. The van der Waals surface area contributed by atoms with Crippen LogP contribution in [0.3, 0.4) is 0 Å². The van der Waals surface area contributed by atoms with E-state index in [9.17, 15) is 4.39 Å². The minimum Gasteiger partial charge on any atom is -0.459 e. The van der Waals surface area contributed by atoms with Gasteiger partial charge in [-0.15, -0.1) is 0 Å². The standard InChI is InChI=1S/C25H28FN3O/c26-20-7-5-19(6-8-20)23-21-4-2-1-3-18(21)9-13-29(23)24-27-17-22(30-24)25-10-14-28(15-11-25)16-12-25/h1-8,22-23H,9-17H2/t22-,23-/m0/s1. The predicted octanol–water partition coefficient (Wildman–Crippen LogP) is 4.01. The summed E-state index contributed by atoms with van der Waals surface area (Å²) < 4.78 is 20.3. The Kier molecular flexibility index (Phi) is 4.34. The van der Waals surface area contributed by atoms with E-state index in [4.69, 9.17) is 9.73 Å². The van der Waals surface area contributed by atoms with E-state index >= 15 is 0 Å². The Morgan fingerprint density at radius 3 is 2.43 bits per heavy atom. The Hall–Kier alpha value is -2.40. The van der Waals surface area contributed by atoms with Crippen LogP contribution >= 0.6 is 0 Å². The molecule has 2 bridgehead atoms. The fraction of sp³-hybridized carbons (Fsp3) is 0.480. The minimum atomic E-state index is -0.202. The summed E-state index contributed by atoms with van der Waals surface area (Å²) in [6.45, 7) is 5.23. The van der Waals surface area contributed by atoms with Crippen molar-refractivity contribution in [3.63, 3.8) is 0 Å². The number of aliphatic imine (C=N–C) groups is 1. The molecule has 0 saturated carbocycles. The van der Waals surface area contributed by atoms with Crippen LogP contribution in [0.4, 0.5) is 4.39 Å². The van der Waals surface area contributed by atoms with Crippen LogP contribution in [0.5, 0.6) is 0 Å². The third kappa shape index (κ3) is 2.94. The molecule has 3 fully saturated rings. The van der Waals surface area contributed by atoms with Crippen LogP contribution < -0.4 is 0 Å². The summed E-state index contributed by atoms with van der Waals surface area (Å²) in [5, 5.41) is 0. The number of fused-ring (bicyclic) bond motifs is 4. The van der Waals surface area contributed by atoms with E-state index in [1.54, 1.807) is 12.1 Å². The number of hydrogen-bond donors (Lipinski definition) is 0. The fourth-order valence-corrected chi connectivity index (χ4v) is 5.95. The van der Waals surface area contributed by atoms with Gasteiger partial charge in [-0.05, 0) is 74.1 Å². The molecule has 0 radical (unpaired) electrons. The maximum Gasteiger partial charge on any atom is 0.288 e. The number of benzene rings is 2. The molecule has 2 aromatic rings. The van der Waals surface area contributed by atoms with Crippen molar-refractivity contribution in [3.05, 3.63) is 71.0 Å². The van der Waals surface area contributed by atoms with Crippen molar-refractivity contribution >= 4 is 6.02 Å². The normalized spacial score (nSPS) is 32.5. The molecule has 0 N–H and O–H groups in total. The molecule has 0 amide bonds. The molecule has 0 unspecified atom stereocenters. The lowest BCUT2D eigenvalue weighted by Gasteiger charge is -2.50. The number of piperidine rings is 3. The Bertz CT molecular complexity index is 951. The first-order valence-electron chi connectivity index (χ1n) is 11.3. The van der Waals surface area contributed by atoms with Gasteiger partial charge in [-0.25, -0.2) is 9.38 Å². The van der Waals surface area contributed by atoms with Gasteiger partial charge in [-0.3, -0.25) is 0 Å². The highest BCUT2D eigenvalue weighted by Gasteiger charge is 2.49. The second-order valence-electron chi connectivity index (χ2n) is 9.28. The number of ether oxygens (including phenoxy) is 1. The molecule has 4 nitrogen and oxygen atoms in total. The molecule has 2 aromatic carbocycles. The van der Waals surface area contributed by atoms with Gasteiger partial charge in [-0.2, -0.15) is 0 Å². The molecule has 5 heterocycles. The van der Waals surface area contributed by atoms with Gasteiger partial charge >= 0.3 is 0 Å². The minimum absolute atomic E-state index is 0.0127. The molecule has 30 heavy (non-hydrogen) atoms. The smallest absolute Gasteiger partial charge is 0.288 e. The molecule has 7 rings (SSSR count). The highest BCUT2D eigenvalue weighted by Crippen LogP contribution is 2.46. The van der Waals surface area contributed by atoms with E-state index in [1.807, 2.05) is 12.1 Å². The van der Waals surface area contributed by atoms with E-state index in [1.165, 1.54) is 50.0 Å². The Labute approximate surface area is 177 Å². The topological polar surface area (TPSA) is 28.1 Å². The van der Waals surface area contributed by atoms with Gasteiger partial charge in [0, 0.05) is 12.0 Å². The Morgan fingerprint density at radius 2 is 1.67 bits per heavy atom. The van der Waals surface area contributed by atoms with Gasteiger partial charge in [0.15, 0.2) is 0 Å². The van der Waals surface area contributed by atoms with Crippen molar-refractivity contribution < 1.29 is 9.13 Å². The van der Waals surface area contributed by atoms with Gasteiger partial charge in [0.1, 0.15) is 11.9 Å². The zero-order chi connectivity index (χ0) is 20.1. The molecule has 5 aliphatic heterocycles. The van der Waals surface area contributed by atoms with E-state index in [0.29, 0.717) is 5.41 Å². The van der Waals surface area contributed by atoms with Gasteiger partial charge < -0.3 is 14.5 Å². The molecular formula is C25H28FN3O. The molecular weight excluding hydrogens is 377 g/mol. The van der Waals surface area contributed by atoms with Gasteiger partial charge in [0.2, 0.25) is 0 Å². The largest absolute Gasteiger partial charge is 0.459 e. The molecule has 0 aliphatic carbocycles. The zero-order valence-corrected chi connectivity index (χ0v) is 17.3. The predicted molar refractivity (Wildman–Crippen MR) is 115 cm³/mol. The van der Waals surface area contributed by atoms with Crippen molar-refractivity contribution in [1.29, 1.82) is 0 Å². The van der Waals surface area contributed by atoms with Crippen LogP contribution in [0.25, 0.3) is 0 Å². The van der Waals surface area contributed by atoms with Crippen LogP contribution in [-0.2, 0) is 11.2 Å². The molecule has 5 aliphatic rings. The Morgan fingerprint density at radius 1 is 0.933 bits per heavy atom. The molecule has 3 saturated heterocycles. The van der Waals surface area contributed by atoms with Crippen LogP contribution in [0.2, 0.25) is 0 Å². The van der Waals surface area contributed by atoms with Crippen molar-refractivity contribution in [2.45, 2.75) is 37.8 Å². The van der Waals surface area contributed by atoms with Crippen LogP contribution in [-0.4, -0.2) is 54.6 Å². The lowest BCUT2D eigenvalue weighted by molar-refractivity contribution is -0.0553. The molecule has 156 valence electrons. The molecule has 0 spiro atoms. The Balaban J connectivity index is 1.31. The van der Waals surface area contributed by atoms with Crippen molar-refractivity contribution in [2.75, 3.05) is 32.7 Å². The zero-order valence-electron chi connectivity index (χ0n) is 17.3. The van der Waals surface area contributed by atoms with Crippen LogP contribution in [0.1, 0.15) is 42.0 Å². The molecule has 0 aromatic heterocycles. The summed E-state index contributed by atoms with van der Waals surface area (Å²) in [6.07, 6.45) is 4.85. The lowest BCUT2D eigenvalue weighted by Crippen LogP contribution is -2.54. The highest BCUT2D eigenvalue weighted by molar-refractivity contribution is 5.77. The van der Waals surface area contributed by atoms with Crippen LogP contribution in [0, 0.1) is 11.2 Å². The van der Waals surface area contributed by atoms with Crippen molar-refractivity contribution in [1.82, 2.24) is 9.80 Å². The maximum atomic E-state index is 13.6.